The Labute approximate surface area is 189 Å². The third-order valence-electron chi connectivity index (χ3n) is 5.72. The first-order valence-corrected chi connectivity index (χ1v) is 11.2. The summed E-state index contributed by atoms with van der Waals surface area (Å²) in [5.74, 6) is -0.883. The molecule has 0 spiro atoms. The van der Waals surface area contributed by atoms with Crippen LogP contribution < -0.4 is 0 Å². The van der Waals surface area contributed by atoms with Crippen molar-refractivity contribution >= 4 is 18.0 Å². The SMILES string of the molecule is O=C[C@H]1[C@H](OCc2ccccc2)CC(=O)[C@@H]1CC=CCCCC(=O)OCc1ccccc1. The van der Waals surface area contributed by atoms with Crippen LogP contribution in [0.4, 0.5) is 0 Å². The molecule has 3 atom stereocenters. The van der Waals surface area contributed by atoms with Gasteiger partial charge >= 0.3 is 5.97 Å². The molecular formula is C27H30O5. The Hall–Kier alpha value is -3.05. The second-order valence-corrected chi connectivity index (χ2v) is 8.07. The zero-order valence-electron chi connectivity index (χ0n) is 18.2. The highest BCUT2D eigenvalue weighted by Gasteiger charge is 2.42. The van der Waals surface area contributed by atoms with Crippen LogP contribution in [0.1, 0.15) is 43.2 Å². The fourth-order valence-corrected chi connectivity index (χ4v) is 3.91. The number of carbonyl (C=O) groups excluding carboxylic acids is 3. The van der Waals surface area contributed by atoms with Crippen molar-refractivity contribution in [3.05, 3.63) is 83.9 Å². The van der Waals surface area contributed by atoms with Crippen molar-refractivity contribution < 1.29 is 23.9 Å². The van der Waals surface area contributed by atoms with Crippen LogP contribution in [0, 0.1) is 11.8 Å². The van der Waals surface area contributed by atoms with Gasteiger partial charge in [0.15, 0.2) is 0 Å². The number of hydrogen-bond acceptors (Lipinski definition) is 5. The van der Waals surface area contributed by atoms with Crippen molar-refractivity contribution in [2.24, 2.45) is 11.8 Å². The topological polar surface area (TPSA) is 69.7 Å². The van der Waals surface area contributed by atoms with Crippen LogP contribution in [0.2, 0.25) is 0 Å². The summed E-state index contributed by atoms with van der Waals surface area (Å²) in [6.07, 6.45) is 6.97. The third-order valence-corrected chi connectivity index (χ3v) is 5.72. The van der Waals surface area contributed by atoms with Crippen LogP contribution in [-0.2, 0) is 37.1 Å². The molecule has 1 aliphatic carbocycles. The number of allylic oxidation sites excluding steroid dienone is 2. The van der Waals surface area contributed by atoms with Gasteiger partial charge in [-0.05, 0) is 30.4 Å². The van der Waals surface area contributed by atoms with Crippen molar-refractivity contribution in [2.45, 2.75) is 51.4 Å². The molecule has 3 rings (SSSR count). The molecule has 0 heterocycles. The second kappa shape index (κ2) is 12.7. The van der Waals surface area contributed by atoms with Gasteiger partial charge in [0, 0.05) is 18.8 Å². The van der Waals surface area contributed by atoms with Crippen LogP contribution >= 0.6 is 0 Å². The van der Waals surface area contributed by atoms with E-state index in [4.69, 9.17) is 9.47 Å². The molecule has 0 aromatic heterocycles. The molecule has 5 nitrogen and oxygen atoms in total. The van der Waals surface area contributed by atoms with Crippen molar-refractivity contribution in [3.63, 3.8) is 0 Å². The predicted molar refractivity (Wildman–Crippen MR) is 122 cm³/mol. The standard InChI is InChI=1S/C27H30O5/c28-18-24-23(25(29)17-26(24)31-19-21-11-5-3-6-12-21)15-9-1-2-10-16-27(30)32-20-22-13-7-4-8-14-22/h1,3-9,11-14,18,23-24,26H,2,10,15-17,19-20H2/t23-,24-,26-/m1/s1. The molecule has 0 unspecified atom stereocenters. The smallest absolute Gasteiger partial charge is 0.306 e. The van der Waals surface area contributed by atoms with Crippen molar-refractivity contribution in [1.82, 2.24) is 0 Å². The summed E-state index contributed by atoms with van der Waals surface area (Å²) in [6.45, 7) is 0.686. The fourth-order valence-electron chi connectivity index (χ4n) is 3.91. The first kappa shape index (κ1) is 23.6. The molecule has 5 heteroatoms. The molecule has 0 N–H and O–H groups in total. The number of benzene rings is 2. The quantitative estimate of drug-likeness (QED) is 0.207. The predicted octanol–water partition coefficient (Wildman–Crippen LogP) is 4.84. The van der Waals surface area contributed by atoms with Gasteiger partial charge in [0.2, 0.25) is 0 Å². The Balaban J connectivity index is 1.35. The van der Waals surface area contributed by atoms with Crippen molar-refractivity contribution in [1.29, 1.82) is 0 Å². The average Bonchev–Trinajstić information content (AvgIpc) is 3.14. The van der Waals surface area contributed by atoms with Gasteiger partial charge < -0.3 is 14.3 Å². The van der Waals surface area contributed by atoms with Gasteiger partial charge in [-0.15, -0.1) is 0 Å². The highest BCUT2D eigenvalue weighted by atomic mass is 16.5. The summed E-state index contributed by atoms with van der Waals surface area (Å²) in [5.41, 5.74) is 1.99. The number of hydrogen-bond donors (Lipinski definition) is 0. The van der Waals surface area contributed by atoms with E-state index >= 15 is 0 Å². The van der Waals surface area contributed by atoms with Gasteiger partial charge in [0.05, 0.1) is 18.6 Å². The van der Waals surface area contributed by atoms with E-state index in [1.807, 2.05) is 72.8 Å². The zero-order valence-corrected chi connectivity index (χ0v) is 18.2. The number of aldehydes is 1. The van der Waals surface area contributed by atoms with Crippen LogP contribution in [0.3, 0.4) is 0 Å². The van der Waals surface area contributed by atoms with E-state index in [1.165, 1.54) is 0 Å². The molecular weight excluding hydrogens is 404 g/mol. The van der Waals surface area contributed by atoms with Crippen LogP contribution in [-0.4, -0.2) is 24.1 Å². The average molecular weight is 435 g/mol. The number of unbranched alkanes of at least 4 members (excludes halogenated alkanes) is 1. The first-order valence-electron chi connectivity index (χ1n) is 11.2. The van der Waals surface area contributed by atoms with Gasteiger partial charge in [0.25, 0.3) is 0 Å². The maximum atomic E-state index is 12.4. The van der Waals surface area contributed by atoms with Crippen LogP contribution in [0.25, 0.3) is 0 Å². The van der Waals surface area contributed by atoms with Gasteiger partial charge in [0.1, 0.15) is 18.7 Å². The van der Waals surface area contributed by atoms with Gasteiger partial charge in [-0.2, -0.15) is 0 Å². The third kappa shape index (κ3) is 7.27. The largest absolute Gasteiger partial charge is 0.461 e. The van der Waals surface area contributed by atoms with Gasteiger partial charge in [-0.3, -0.25) is 9.59 Å². The van der Waals surface area contributed by atoms with E-state index in [1.54, 1.807) is 0 Å². The molecule has 0 radical (unpaired) electrons. The van der Waals surface area contributed by atoms with E-state index in [0.717, 1.165) is 23.8 Å². The zero-order chi connectivity index (χ0) is 22.6. The number of esters is 1. The number of Topliss-reactive ketones (excluding diaryl/α,β-unsaturated/α-hetero) is 1. The summed E-state index contributed by atoms with van der Waals surface area (Å²) < 4.78 is 11.2. The number of ketones is 1. The van der Waals surface area contributed by atoms with E-state index in [0.29, 0.717) is 32.5 Å². The highest BCUT2D eigenvalue weighted by molar-refractivity contribution is 5.88. The summed E-state index contributed by atoms with van der Waals surface area (Å²) >= 11 is 0. The minimum atomic E-state index is -0.413. The van der Waals surface area contributed by atoms with Crippen LogP contribution in [0.5, 0.6) is 0 Å². The van der Waals surface area contributed by atoms with Gasteiger partial charge in [-0.1, -0.05) is 72.8 Å². The summed E-state index contributed by atoms with van der Waals surface area (Å²) in [6, 6.07) is 19.3. The minimum absolute atomic E-state index is 0.0781. The second-order valence-electron chi connectivity index (χ2n) is 8.07. The molecule has 2 aromatic rings. The molecule has 0 bridgehead atoms. The Bertz CT molecular complexity index is 891. The Morgan fingerprint density at radius 2 is 1.59 bits per heavy atom. The molecule has 0 aliphatic heterocycles. The van der Waals surface area contributed by atoms with Crippen molar-refractivity contribution in [2.75, 3.05) is 0 Å². The van der Waals surface area contributed by atoms with Crippen LogP contribution in [0.15, 0.2) is 72.8 Å². The maximum Gasteiger partial charge on any atom is 0.306 e. The highest BCUT2D eigenvalue weighted by Crippen LogP contribution is 2.33. The summed E-state index contributed by atoms with van der Waals surface area (Å²) in [4.78, 5) is 35.9. The first-order chi connectivity index (χ1) is 15.7. The number of carbonyl (C=O) groups is 3. The Kier molecular flexibility index (Phi) is 9.38. The number of ether oxygens (including phenoxy) is 2. The maximum absolute atomic E-state index is 12.4. The lowest BCUT2D eigenvalue weighted by molar-refractivity contribution is -0.145. The molecule has 1 aliphatic rings. The molecule has 1 fully saturated rings. The lowest BCUT2D eigenvalue weighted by Gasteiger charge is -2.18. The lowest BCUT2D eigenvalue weighted by atomic mass is 9.92. The fraction of sp³-hybridized carbons (Fsp3) is 0.370. The molecule has 1 saturated carbocycles. The molecule has 32 heavy (non-hydrogen) atoms. The Morgan fingerprint density at radius 1 is 0.938 bits per heavy atom. The molecule has 2 aromatic carbocycles. The van der Waals surface area contributed by atoms with Crippen molar-refractivity contribution in [3.8, 4) is 0 Å². The summed E-state index contributed by atoms with van der Waals surface area (Å²) in [7, 11) is 0. The monoisotopic (exact) mass is 434 g/mol. The van der Waals surface area contributed by atoms with E-state index in [2.05, 4.69) is 0 Å². The molecule has 168 valence electrons. The lowest BCUT2D eigenvalue weighted by Crippen LogP contribution is -2.24. The number of rotatable bonds is 12. The molecule has 0 saturated heterocycles. The normalized spacial score (nSPS) is 20.5. The Morgan fingerprint density at radius 3 is 2.25 bits per heavy atom. The van der Waals surface area contributed by atoms with E-state index < -0.39 is 5.92 Å². The summed E-state index contributed by atoms with van der Waals surface area (Å²) in [5, 5.41) is 0. The van der Waals surface area contributed by atoms with E-state index in [-0.39, 0.29) is 30.2 Å². The molecule has 0 amide bonds. The van der Waals surface area contributed by atoms with Gasteiger partial charge in [-0.25, -0.2) is 0 Å². The van der Waals surface area contributed by atoms with E-state index in [9.17, 15) is 14.4 Å². The minimum Gasteiger partial charge on any atom is -0.461 e.